The monoisotopic (exact) mass is 226 g/mol. The summed E-state index contributed by atoms with van der Waals surface area (Å²) in [5, 5.41) is 3.79. The number of nitrogens with zero attached hydrogens (tertiary/aromatic N) is 3. The van der Waals surface area contributed by atoms with Crippen molar-refractivity contribution in [1.29, 1.82) is 0 Å². The molecule has 2 heterocycles. The van der Waals surface area contributed by atoms with Gasteiger partial charge in [-0.2, -0.15) is 0 Å². The minimum atomic E-state index is -0.336. The van der Waals surface area contributed by atoms with Crippen LogP contribution in [0.1, 0.15) is 6.42 Å². The molecule has 0 aliphatic carbocycles. The minimum Gasteiger partial charge on any atom is -0.464 e. The van der Waals surface area contributed by atoms with Gasteiger partial charge >= 0.3 is 5.97 Å². The molecule has 0 spiro atoms. The van der Waals surface area contributed by atoms with E-state index in [4.69, 9.17) is 15.2 Å². The maximum absolute atomic E-state index is 11.4. The number of carbonyl (C=O) groups is 1. The molecule has 1 aromatic heterocycles. The van der Waals surface area contributed by atoms with Gasteiger partial charge in [0.25, 0.3) is 0 Å². The summed E-state index contributed by atoms with van der Waals surface area (Å²) in [7, 11) is 0. The van der Waals surface area contributed by atoms with Crippen LogP contribution < -0.4 is 5.73 Å². The van der Waals surface area contributed by atoms with Gasteiger partial charge in [0, 0.05) is 12.5 Å². The average Bonchev–Trinajstić information content (AvgIpc) is 2.87. The normalized spacial score (nSPS) is 19.9. The SMILES string of the molecule is Nc1ncn(CC(=O)OCC2CCOC2)n1. The predicted octanol–water partition coefficient (Wildman–Crippen LogP) is -0.560. The van der Waals surface area contributed by atoms with Gasteiger partial charge in [-0.25, -0.2) is 9.67 Å². The molecule has 7 heteroatoms. The molecule has 88 valence electrons. The molecule has 0 radical (unpaired) electrons. The summed E-state index contributed by atoms with van der Waals surface area (Å²) in [6, 6.07) is 0. The Morgan fingerprint density at radius 3 is 3.25 bits per heavy atom. The molecule has 0 bridgehead atoms. The van der Waals surface area contributed by atoms with Gasteiger partial charge in [0.2, 0.25) is 5.95 Å². The molecule has 1 aliphatic heterocycles. The summed E-state index contributed by atoms with van der Waals surface area (Å²) in [6.45, 7) is 1.87. The highest BCUT2D eigenvalue weighted by atomic mass is 16.5. The van der Waals surface area contributed by atoms with Crippen molar-refractivity contribution in [1.82, 2.24) is 14.8 Å². The lowest BCUT2D eigenvalue weighted by Crippen LogP contribution is -2.18. The molecule has 0 amide bonds. The molecule has 1 aromatic rings. The molecule has 0 saturated carbocycles. The largest absolute Gasteiger partial charge is 0.464 e. The lowest BCUT2D eigenvalue weighted by Gasteiger charge is -2.08. The summed E-state index contributed by atoms with van der Waals surface area (Å²) in [5.74, 6) is 0.138. The highest BCUT2D eigenvalue weighted by Crippen LogP contribution is 2.12. The van der Waals surface area contributed by atoms with Gasteiger partial charge < -0.3 is 15.2 Å². The van der Waals surface area contributed by atoms with Crippen LogP contribution in [0, 0.1) is 5.92 Å². The van der Waals surface area contributed by atoms with E-state index in [1.165, 1.54) is 11.0 Å². The van der Waals surface area contributed by atoms with Gasteiger partial charge in [0.05, 0.1) is 13.2 Å². The lowest BCUT2D eigenvalue weighted by molar-refractivity contribution is -0.145. The van der Waals surface area contributed by atoms with Gasteiger partial charge in [-0.05, 0) is 6.42 Å². The van der Waals surface area contributed by atoms with Crippen molar-refractivity contribution in [2.75, 3.05) is 25.6 Å². The maximum Gasteiger partial charge on any atom is 0.327 e. The van der Waals surface area contributed by atoms with Crippen molar-refractivity contribution in [3.63, 3.8) is 0 Å². The van der Waals surface area contributed by atoms with E-state index in [2.05, 4.69) is 10.1 Å². The second-order valence-corrected chi connectivity index (χ2v) is 3.71. The quantitative estimate of drug-likeness (QED) is 0.692. The molecule has 1 atom stereocenters. The molecule has 7 nitrogen and oxygen atoms in total. The van der Waals surface area contributed by atoms with E-state index in [1.54, 1.807) is 0 Å². The molecule has 2 N–H and O–H groups in total. The van der Waals surface area contributed by atoms with E-state index in [0.717, 1.165) is 13.0 Å². The van der Waals surface area contributed by atoms with Crippen LogP contribution in [0.3, 0.4) is 0 Å². The van der Waals surface area contributed by atoms with E-state index in [0.29, 0.717) is 19.1 Å². The number of aromatic nitrogens is 3. The smallest absolute Gasteiger partial charge is 0.327 e. The molecular weight excluding hydrogens is 212 g/mol. The van der Waals surface area contributed by atoms with Crippen molar-refractivity contribution in [3.8, 4) is 0 Å². The van der Waals surface area contributed by atoms with Crippen LogP contribution >= 0.6 is 0 Å². The zero-order chi connectivity index (χ0) is 11.4. The second kappa shape index (κ2) is 4.93. The highest BCUT2D eigenvalue weighted by molar-refractivity contribution is 5.69. The summed E-state index contributed by atoms with van der Waals surface area (Å²) < 4.78 is 11.6. The Morgan fingerprint density at radius 2 is 2.62 bits per heavy atom. The summed E-state index contributed by atoms with van der Waals surface area (Å²) in [4.78, 5) is 15.1. The Bertz CT molecular complexity index is 359. The molecule has 1 aliphatic rings. The Balaban J connectivity index is 1.71. The van der Waals surface area contributed by atoms with E-state index in [1.807, 2.05) is 0 Å². The van der Waals surface area contributed by atoms with E-state index in [9.17, 15) is 4.79 Å². The third-order valence-corrected chi connectivity index (χ3v) is 2.35. The van der Waals surface area contributed by atoms with E-state index < -0.39 is 0 Å². The van der Waals surface area contributed by atoms with Crippen LogP contribution in [0.5, 0.6) is 0 Å². The number of nitrogens with two attached hydrogens (primary N) is 1. The Kier molecular flexibility index (Phi) is 3.35. The number of nitrogen functional groups attached to an aromatic ring is 1. The number of carbonyl (C=O) groups excluding carboxylic acids is 1. The Hall–Kier alpha value is -1.63. The first kappa shape index (κ1) is 10.9. The number of hydrogen-bond donors (Lipinski definition) is 1. The Labute approximate surface area is 92.5 Å². The van der Waals surface area contributed by atoms with E-state index >= 15 is 0 Å². The molecule has 0 aromatic carbocycles. The van der Waals surface area contributed by atoms with Gasteiger partial charge in [0.15, 0.2) is 0 Å². The highest BCUT2D eigenvalue weighted by Gasteiger charge is 2.17. The van der Waals surface area contributed by atoms with Crippen LogP contribution in [0.15, 0.2) is 6.33 Å². The van der Waals surface area contributed by atoms with Crippen molar-refractivity contribution in [2.24, 2.45) is 5.92 Å². The second-order valence-electron chi connectivity index (χ2n) is 3.71. The van der Waals surface area contributed by atoms with Gasteiger partial charge in [-0.3, -0.25) is 4.79 Å². The summed E-state index contributed by atoms with van der Waals surface area (Å²) in [5.41, 5.74) is 5.32. The maximum atomic E-state index is 11.4. The van der Waals surface area contributed by atoms with Crippen molar-refractivity contribution in [2.45, 2.75) is 13.0 Å². The number of ether oxygens (including phenoxy) is 2. The van der Waals surface area contributed by atoms with Crippen LogP contribution in [0.4, 0.5) is 5.95 Å². The fourth-order valence-corrected chi connectivity index (χ4v) is 1.49. The summed E-state index contributed by atoms with van der Waals surface area (Å²) >= 11 is 0. The van der Waals surface area contributed by atoms with Crippen molar-refractivity contribution in [3.05, 3.63) is 6.33 Å². The molecule has 1 saturated heterocycles. The van der Waals surface area contributed by atoms with Crippen LogP contribution in [0.2, 0.25) is 0 Å². The first-order valence-electron chi connectivity index (χ1n) is 5.12. The standard InChI is InChI=1S/C9H14N4O3/c10-9-11-6-13(12-9)3-8(14)16-5-7-1-2-15-4-7/h6-7H,1-5H2,(H2,10,12). The number of rotatable bonds is 4. The molecular formula is C9H14N4O3. The third kappa shape index (κ3) is 2.93. The predicted molar refractivity (Wildman–Crippen MR) is 54.3 cm³/mol. The lowest BCUT2D eigenvalue weighted by atomic mass is 10.1. The number of anilines is 1. The first-order chi connectivity index (χ1) is 7.74. The van der Waals surface area contributed by atoms with Crippen LogP contribution in [-0.4, -0.2) is 40.6 Å². The molecule has 2 rings (SSSR count). The zero-order valence-electron chi connectivity index (χ0n) is 8.83. The fraction of sp³-hybridized carbons (Fsp3) is 0.667. The molecule has 16 heavy (non-hydrogen) atoms. The average molecular weight is 226 g/mol. The van der Waals surface area contributed by atoms with Gasteiger partial charge in [-0.1, -0.05) is 0 Å². The van der Waals surface area contributed by atoms with E-state index in [-0.39, 0.29) is 18.5 Å². The topological polar surface area (TPSA) is 92.3 Å². The Morgan fingerprint density at radius 1 is 1.75 bits per heavy atom. The minimum absolute atomic E-state index is 0.0395. The van der Waals surface area contributed by atoms with Crippen LogP contribution in [-0.2, 0) is 20.8 Å². The number of esters is 1. The first-order valence-corrected chi connectivity index (χ1v) is 5.12. The van der Waals surface area contributed by atoms with Gasteiger partial charge in [-0.15, -0.1) is 5.10 Å². The fourth-order valence-electron chi connectivity index (χ4n) is 1.49. The zero-order valence-corrected chi connectivity index (χ0v) is 8.83. The van der Waals surface area contributed by atoms with Crippen molar-refractivity contribution < 1.29 is 14.3 Å². The summed E-state index contributed by atoms with van der Waals surface area (Å²) in [6.07, 6.45) is 2.35. The van der Waals surface area contributed by atoms with Gasteiger partial charge in [0.1, 0.15) is 12.9 Å². The van der Waals surface area contributed by atoms with Crippen LogP contribution in [0.25, 0.3) is 0 Å². The number of hydrogen-bond acceptors (Lipinski definition) is 6. The van der Waals surface area contributed by atoms with Crippen molar-refractivity contribution >= 4 is 11.9 Å². The molecule has 1 unspecified atom stereocenters. The third-order valence-electron chi connectivity index (χ3n) is 2.35. The molecule has 1 fully saturated rings.